The van der Waals surface area contributed by atoms with E-state index in [4.69, 9.17) is 0 Å². The standard InChI is InChI=1S/C21H33N5.HI/c1-22-21(24-19-11-6-7-12-19)23-13-8-14-26-16-15-25(2)17-20(26)18-9-4-3-5-10-18;/h3-7,9-10,19-20H,8,11-17H2,1-2H3,(H2,22,23,24);1H. The van der Waals surface area contributed by atoms with Gasteiger partial charge in [-0.15, -0.1) is 24.0 Å². The molecule has 0 bridgehead atoms. The van der Waals surface area contributed by atoms with Crippen LogP contribution in [0.1, 0.15) is 30.9 Å². The van der Waals surface area contributed by atoms with Gasteiger partial charge in [-0.25, -0.2) is 0 Å². The van der Waals surface area contributed by atoms with Crippen LogP contribution in [-0.4, -0.2) is 68.6 Å². The summed E-state index contributed by atoms with van der Waals surface area (Å²) in [6.45, 7) is 5.46. The lowest BCUT2D eigenvalue weighted by atomic mass is 10.0. The topological polar surface area (TPSA) is 42.9 Å². The SMILES string of the molecule is CN=C(NCCCN1CCN(C)CC1c1ccccc1)NC1CC=CC1.I. The predicted molar refractivity (Wildman–Crippen MR) is 125 cm³/mol. The van der Waals surface area contributed by atoms with Gasteiger partial charge in [0.25, 0.3) is 0 Å². The summed E-state index contributed by atoms with van der Waals surface area (Å²) in [6, 6.07) is 11.9. The van der Waals surface area contributed by atoms with Crippen LogP contribution in [0.2, 0.25) is 0 Å². The van der Waals surface area contributed by atoms with Crippen molar-refractivity contribution in [1.82, 2.24) is 20.4 Å². The molecule has 27 heavy (non-hydrogen) atoms. The molecule has 1 atom stereocenters. The molecule has 1 aliphatic carbocycles. The van der Waals surface area contributed by atoms with Crippen molar-refractivity contribution in [3.8, 4) is 0 Å². The fourth-order valence-electron chi connectivity index (χ4n) is 3.83. The molecule has 0 amide bonds. The molecular formula is C21H34IN5. The Morgan fingerprint density at radius 3 is 2.59 bits per heavy atom. The zero-order chi connectivity index (χ0) is 18.2. The van der Waals surface area contributed by atoms with Gasteiger partial charge in [0.15, 0.2) is 5.96 Å². The van der Waals surface area contributed by atoms with Crippen molar-refractivity contribution in [2.75, 3.05) is 46.8 Å². The van der Waals surface area contributed by atoms with Gasteiger partial charge in [0.2, 0.25) is 0 Å². The van der Waals surface area contributed by atoms with Crippen molar-refractivity contribution in [3.63, 3.8) is 0 Å². The van der Waals surface area contributed by atoms with Crippen LogP contribution in [0.25, 0.3) is 0 Å². The molecule has 1 fully saturated rings. The summed E-state index contributed by atoms with van der Waals surface area (Å²) >= 11 is 0. The van der Waals surface area contributed by atoms with Gasteiger partial charge in [-0.05, 0) is 31.9 Å². The van der Waals surface area contributed by atoms with Crippen LogP contribution >= 0.6 is 24.0 Å². The van der Waals surface area contributed by atoms with E-state index in [-0.39, 0.29) is 24.0 Å². The molecule has 1 aromatic rings. The molecule has 2 N–H and O–H groups in total. The Labute approximate surface area is 181 Å². The second-order valence-corrected chi connectivity index (χ2v) is 7.36. The van der Waals surface area contributed by atoms with E-state index in [0.717, 1.165) is 57.9 Å². The number of nitrogens with one attached hydrogen (secondary N) is 2. The second kappa shape index (κ2) is 11.7. The van der Waals surface area contributed by atoms with Crippen molar-refractivity contribution in [1.29, 1.82) is 0 Å². The number of guanidine groups is 1. The molecule has 1 heterocycles. The Bertz CT molecular complexity index is 596. The van der Waals surface area contributed by atoms with E-state index in [1.807, 2.05) is 7.05 Å². The number of piperazine rings is 1. The molecule has 0 spiro atoms. The Balaban J connectivity index is 0.00000261. The normalized spacial score (nSPS) is 21.9. The average Bonchev–Trinajstić information content (AvgIpc) is 3.19. The summed E-state index contributed by atoms with van der Waals surface area (Å²) in [7, 11) is 4.08. The van der Waals surface area contributed by atoms with Crippen molar-refractivity contribution >= 4 is 29.9 Å². The predicted octanol–water partition coefficient (Wildman–Crippen LogP) is 2.87. The highest BCUT2D eigenvalue weighted by Crippen LogP contribution is 2.24. The molecule has 5 nitrogen and oxygen atoms in total. The highest BCUT2D eigenvalue weighted by atomic mass is 127. The lowest BCUT2D eigenvalue weighted by Crippen LogP contribution is -2.48. The minimum Gasteiger partial charge on any atom is -0.356 e. The third-order valence-electron chi connectivity index (χ3n) is 5.37. The van der Waals surface area contributed by atoms with Gasteiger partial charge >= 0.3 is 0 Å². The fourth-order valence-corrected chi connectivity index (χ4v) is 3.83. The minimum atomic E-state index is 0. The first-order valence-corrected chi connectivity index (χ1v) is 9.86. The highest BCUT2D eigenvalue weighted by molar-refractivity contribution is 14.0. The smallest absolute Gasteiger partial charge is 0.191 e. The molecule has 1 aromatic carbocycles. The Morgan fingerprint density at radius 2 is 1.89 bits per heavy atom. The first kappa shape index (κ1) is 22.2. The van der Waals surface area contributed by atoms with Gasteiger partial charge in [-0.2, -0.15) is 0 Å². The van der Waals surface area contributed by atoms with Crippen molar-refractivity contribution in [3.05, 3.63) is 48.0 Å². The lowest BCUT2D eigenvalue weighted by Gasteiger charge is -2.40. The number of nitrogens with zero attached hydrogens (tertiary/aromatic N) is 3. The van der Waals surface area contributed by atoms with Gasteiger partial charge in [-0.3, -0.25) is 9.89 Å². The molecule has 1 aliphatic heterocycles. The van der Waals surface area contributed by atoms with Crippen LogP contribution in [-0.2, 0) is 0 Å². The van der Waals surface area contributed by atoms with E-state index in [2.05, 4.69) is 75.0 Å². The summed E-state index contributed by atoms with van der Waals surface area (Å²) in [4.78, 5) is 9.43. The fraction of sp³-hybridized carbons (Fsp3) is 0.571. The summed E-state index contributed by atoms with van der Waals surface area (Å²) in [5, 5.41) is 6.97. The molecule has 1 unspecified atom stereocenters. The van der Waals surface area contributed by atoms with Crippen LogP contribution in [0.5, 0.6) is 0 Å². The van der Waals surface area contributed by atoms with Crippen LogP contribution in [0.4, 0.5) is 0 Å². The lowest BCUT2D eigenvalue weighted by molar-refractivity contribution is 0.0891. The van der Waals surface area contributed by atoms with Gasteiger partial charge in [-0.1, -0.05) is 42.5 Å². The zero-order valence-electron chi connectivity index (χ0n) is 16.6. The van der Waals surface area contributed by atoms with Crippen LogP contribution in [0.3, 0.4) is 0 Å². The number of aliphatic imine (C=N–C) groups is 1. The molecule has 0 aromatic heterocycles. The number of rotatable bonds is 6. The van der Waals surface area contributed by atoms with E-state index in [1.54, 1.807) is 0 Å². The number of hydrogen-bond acceptors (Lipinski definition) is 3. The van der Waals surface area contributed by atoms with Crippen molar-refractivity contribution in [2.24, 2.45) is 4.99 Å². The molecule has 3 rings (SSSR count). The molecule has 0 radical (unpaired) electrons. The molecular weight excluding hydrogens is 449 g/mol. The van der Waals surface area contributed by atoms with E-state index >= 15 is 0 Å². The summed E-state index contributed by atoms with van der Waals surface area (Å²) in [5.74, 6) is 0.927. The quantitative estimate of drug-likeness (QED) is 0.215. The minimum absolute atomic E-state index is 0. The third-order valence-corrected chi connectivity index (χ3v) is 5.37. The summed E-state index contributed by atoms with van der Waals surface area (Å²) in [5.41, 5.74) is 1.43. The van der Waals surface area contributed by atoms with Crippen LogP contribution < -0.4 is 10.6 Å². The molecule has 6 heteroatoms. The Kier molecular flexibility index (Phi) is 9.58. The second-order valence-electron chi connectivity index (χ2n) is 7.36. The first-order chi connectivity index (χ1) is 12.8. The van der Waals surface area contributed by atoms with E-state index in [0.29, 0.717) is 12.1 Å². The van der Waals surface area contributed by atoms with Crippen LogP contribution in [0.15, 0.2) is 47.5 Å². The number of halogens is 1. The molecule has 1 saturated heterocycles. The van der Waals surface area contributed by atoms with E-state index in [9.17, 15) is 0 Å². The maximum Gasteiger partial charge on any atom is 0.191 e. The number of hydrogen-bond donors (Lipinski definition) is 2. The average molecular weight is 483 g/mol. The zero-order valence-corrected chi connectivity index (χ0v) is 18.9. The van der Waals surface area contributed by atoms with Gasteiger partial charge < -0.3 is 15.5 Å². The van der Waals surface area contributed by atoms with E-state index < -0.39 is 0 Å². The summed E-state index contributed by atoms with van der Waals surface area (Å²) < 4.78 is 0. The van der Waals surface area contributed by atoms with Crippen LogP contribution in [0, 0.1) is 0 Å². The van der Waals surface area contributed by atoms with Gasteiger partial charge in [0.1, 0.15) is 0 Å². The number of likely N-dealkylation sites (N-methyl/N-ethyl adjacent to an activating group) is 1. The molecule has 2 aliphatic rings. The molecule has 150 valence electrons. The maximum atomic E-state index is 4.35. The van der Waals surface area contributed by atoms with Gasteiger partial charge in [0.05, 0.1) is 0 Å². The van der Waals surface area contributed by atoms with Crippen molar-refractivity contribution in [2.45, 2.75) is 31.3 Å². The Hall–Kier alpha value is -1.12. The maximum absolute atomic E-state index is 4.35. The van der Waals surface area contributed by atoms with Gasteiger partial charge in [0, 0.05) is 51.9 Å². The molecule has 0 saturated carbocycles. The highest BCUT2D eigenvalue weighted by Gasteiger charge is 2.25. The Morgan fingerprint density at radius 1 is 1.15 bits per heavy atom. The largest absolute Gasteiger partial charge is 0.356 e. The monoisotopic (exact) mass is 483 g/mol. The van der Waals surface area contributed by atoms with E-state index in [1.165, 1.54) is 5.56 Å². The summed E-state index contributed by atoms with van der Waals surface area (Å²) in [6.07, 6.45) is 7.79. The van der Waals surface area contributed by atoms with Crippen molar-refractivity contribution < 1.29 is 0 Å². The third kappa shape index (κ3) is 6.76. The first-order valence-electron chi connectivity index (χ1n) is 9.86. The number of benzene rings is 1.